The van der Waals surface area contributed by atoms with E-state index in [1.54, 1.807) is 6.07 Å². The average Bonchev–Trinajstić information content (AvgIpc) is 2.83. The molecule has 3 N–H and O–H groups in total. The van der Waals surface area contributed by atoms with Gasteiger partial charge >= 0.3 is 0 Å². The lowest BCUT2D eigenvalue weighted by atomic mass is 10.1. The fraction of sp³-hybridized carbons (Fsp3) is 0.643. The van der Waals surface area contributed by atoms with Crippen LogP contribution in [0.5, 0.6) is 0 Å². The van der Waals surface area contributed by atoms with Gasteiger partial charge in [0.2, 0.25) is 0 Å². The standard InChI is InChI=1S/C14H23N3OS/c1-11(10-17-6-3-2-4-7-17)9-16-14(18)13-12(15)5-8-19-13/h5,8,11H,2-4,6-7,9-10,15H2,1H3,(H,16,18). The number of hydrogen-bond donors (Lipinski definition) is 2. The van der Waals surface area contributed by atoms with Crippen molar-refractivity contribution < 1.29 is 4.79 Å². The normalized spacial score (nSPS) is 18.2. The van der Waals surface area contributed by atoms with Crippen molar-refractivity contribution in [1.82, 2.24) is 10.2 Å². The van der Waals surface area contributed by atoms with E-state index >= 15 is 0 Å². The largest absolute Gasteiger partial charge is 0.397 e. The first kappa shape index (κ1) is 14.3. The zero-order valence-corrected chi connectivity index (χ0v) is 12.3. The lowest BCUT2D eigenvalue weighted by molar-refractivity contribution is 0.0947. The summed E-state index contributed by atoms with van der Waals surface area (Å²) in [5.41, 5.74) is 6.31. The van der Waals surface area contributed by atoms with Gasteiger partial charge < -0.3 is 16.0 Å². The molecule has 0 radical (unpaired) electrons. The Hall–Kier alpha value is -1.07. The van der Waals surface area contributed by atoms with E-state index in [0.29, 0.717) is 23.0 Å². The number of nitrogen functional groups attached to an aromatic ring is 1. The summed E-state index contributed by atoms with van der Waals surface area (Å²) in [5, 5.41) is 4.83. The number of piperidine rings is 1. The van der Waals surface area contributed by atoms with E-state index in [0.717, 1.165) is 6.54 Å². The molecular formula is C14H23N3OS. The topological polar surface area (TPSA) is 58.4 Å². The van der Waals surface area contributed by atoms with Crippen LogP contribution >= 0.6 is 11.3 Å². The van der Waals surface area contributed by atoms with Gasteiger partial charge in [0.1, 0.15) is 4.88 Å². The predicted molar refractivity (Wildman–Crippen MR) is 80.5 cm³/mol. The first-order chi connectivity index (χ1) is 9.16. The van der Waals surface area contributed by atoms with Gasteiger partial charge in [0.25, 0.3) is 5.91 Å². The van der Waals surface area contributed by atoms with Gasteiger partial charge in [0.15, 0.2) is 0 Å². The highest BCUT2D eigenvalue weighted by molar-refractivity contribution is 7.12. The SMILES string of the molecule is CC(CNC(=O)c1sccc1N)CN1CCCCC1. The molecule has 0 saturated carbocycles. The van der Waals surface area contributed by atoms with Crippen LogP contribution in [0, 0.1) is 5.92 Å². The second kappa shape index (κ2) is 6.91. The molecule has 1 amide bonds. The summed E-state index contributed by atoms with van der Waals surface area (Å²) in [6, 6.07) is 1.77. The Morgan fingerprint density at radius 3 is 2.84 bits per heavy atom. The van der Waals surface area contributed by atoms with E-state index in [4.69, 9.17) is 5.73 Å². The van der Waals surface area contributed by atoms with Gasteiger partial charge in [-0.1, -0.05) is 13.3 Å². The van der Waals surface area contributed by atoms with Crippen LogP contribution in [0.4, 0.5) is 5.69 Å². The Balaban J connectivity index is 1.72. The summed E-state index contributed by atoms with van der Waals surface area (Å²) in [5.74, 6) is 0.432. The molecule has 106 valence electrons. The minimum Gasteiger partial charge on any atom is -0.397 e. The highest BCUT2D eigenvalue weighted by Gasteiger charge is 2.15. The summed E-state index contributed by atoms with van der Waals surface area (Å²) in [6.45, 7) is 6.38. The number of nitrogens with one attached hydrogen (secondary N) is 1. The van der Waals surface area contributed by atoms with Crippen molar-refractivity contribution in [2.45, 2.75) is 26.2 Å². The van der Waals surface area contributed by atoms with E-state index < -0.39 is 0 Å². The quantitative estimate of drug-likeness (QED) is 0.869. The van der Waals surface area contributed by atoms with Crippen molar-refractivity contribution in [3.63, 3.8) is 0 Å². The molecule has 1 unspecified atom stereocenters. The third kappa shape index (κ3) is 4.21. The minimum atomic E-state index is -0.0435. The van der Waals surface area contributed by atoms with Crippen LogP contribution < -0.4 is 11.1 Å². The third-order valence-electron chi connectivity index (χ3n) is 3.53. The average molecular weight is 281 g/mol. The molecule has 0 aliphatic carbocycles. The number of nitrogens with two attached hydrogens (primary N) is 1. The summed E-state index contributed by atoms with van der Waals surface area (Å²) < 4.78 is 0. The van der Waals surface area contributed by atoms with Crippen LogP contribution in [0.25, 0.3) is 0 Å². The third-order valence-corrected chi connectivity index (χ3v) is 4.46. The van der Waals surface area contributed by atoms with E-state index in [2.05, 4.69) is 17.1 Å². The number of nitrogens with zero attached hydrogens (tertiary/aromatic N) is 1. The molecule has 2 heterocycles. The number of anilines is 1. The maximum absolute atomic E-state index is 11.9. The zero-order valence-electron chi connectivity index (χ0n) is 11.5. The Bertz CT molecular complexity index is 413. The molecule has 1 aromatic heterocycles. The summed E-state index contributed by atoms with van der Waals surface area (Å²) in [4.78, 5) is 15.1. The molecule has 0 aromatic carbocycles. The van der Waals surface area contributed by atoms with Crippen LogP contribution in [0.3, 0.4) is 0 Å². The number of carbonyl (C=O) groups is 1. The molecule has 0 bridgehead atoms. The van der Waals surface area contributed by atoms with E-state index in [9.17, 15) is 4.79 Å². The number of thiophene rings is 1. The van der Waals surface area contributed by atoms with Crippen LogP contribution in [-0.2, 0) is 0 Å². The number of amides is 1. The van der Waals surface area contributed by atoms with Crippen LogP contribution in [0.2, 0.25) is 0 Å². The first-order valence-corrected chi connectivity index (χ1v) is 7.88. The van der Waals surface area contributed by atoms with Gasteiger partial charge in [-0.15, -0.1) is 11.3 Å². The summed E-state index contributed by atoms with van der Waals surface area (Å²) in [7, 11) is 0. The highest BCUT2D eigenvalue weighted by Crippen LogP contribution is 2.18. The molecule has 4 nitrogen and oxygen atoms in total. The van der Waals surface area contributed by atoms with E-state index in [-0.39, 0.29) is 5.91 Å². The Kier molecular flexibility index (Phi) is 5.22. The van der Waals surface area contributed by atoms with Gasteiger partial charge in [-0.2, -0.15) is 0 Å². The van der Waals surface area contributed by atoms with Crippen molar-refractivity contribution in [3.8, 4) is 0 Å². The lowest BCUT2D eigenvalue weighted by Gasteiger charge is -2.29. The lowest BCUT2D eigenvalue weighted by Crippen LogP contribution is -2.38. The van der Waals surface area contributed by atoms with Crippen molar-refractivity contribution in [3.05, 3.63) is 16.3 Å². The Morgan fingerprint density at radius 1 is 1.47 bits per heavy atom. The molecule has 1 atom stereocenters. The van der Waals surface area contributed by atoms with Crippen LogP contribution in [0.1, 0.15) is 35.9 Å². The molecule has 2 rings (SSSR count). The molecular weight excluding hydrogens is 258 g/mol. The van der Waals surface area contributed by atoms with Crippen molar-refractivity contribution in [2.75, 3.05) is 31.9 Å². The number of hydrogen-bond acceptors (Lipinski definition) is 4. The fourth-order valence-corrected chi connectivity index (χ4v) is 3.23. The molecule has 1 fully saturated rings. The zero-order chi connectivity index (χ0) is 13.7. The van der Waals surface area contributed by atoms with E-state index in [1.165, 1.54) is 43.7 Å². The smallest absolute Gasteiger partial charge is 0.263 e. The minimum absolute atomic E-state index is 0.0435. The van der Waals surface area contributed by atoms with Gasteiger partial charge in [0, 0.05) is 13.1 Å². The van der Waals surface area contributed by atoms with Crippen molar-refractivity contribution in [2.24, 2.45) is 5.92 Å². The molecule has 19 heavy (non-hydrogen) atoms. The molecule has 1 aromatic rings. The van der Waals surface area contributed by atoms with Crippen LogP contribution in [0.15, 0.2) is 11.4 Å². The molecule has 1 aliphatic heterocycles. The van der Waals surface area contributed by atoms with Gasteiger partial charge in [-0.25, -0.2) is 0 Å². The number of carbonyl (C=O) groups excluding carboxylic acids is 1. The summed E-state index contributed by atoms with van der Waals surface area (Å²) in [6.07, 6.45) is 3.98. The summed E-state index contributed by atoms with van der Waals surface area (Å²) >= 11 is 1.40. The highest BCUT2D eigenvalue weighted by atomic mass is 32.1. The maximum atomic E-state index is 11.9. The second-order valence-corrected chi connectivity index (χ2v) is 6.30. The second-order valence-electron chi connectivity index (χ2n) is 5.38. The van der Waals surface area contributed by atoms with Gasteiger partial charge in [-0.3, -0.25) is 4.79 Å². The number of likely N-dealkylation sites (tertiary alicyclic amines) is 1. The maximum Gasteiger partial charge on any atom is 0.263 e. The van der Waals surface area contributed by atoms with Gasteiger partial charge in [-0.05, 0) is 43.3 Å². The van der Waals surface area contributed by atoms with E-state index in [1.807, 2.05) is 5.38 Å². The van der Waals surface area contributed by atoms with Crippen molar-refractivity contribution in [1.29, 1.82) is 0 Å². The fourth-order valence-electron chi connectivity index (χ4n) is 2.50. The predicted octanol–water partition coefficient (Wildman–Crippen LogP) is 2.18. The monoisotopic (exact) mass is 281 g/mol. The Morgan fingerprint density at radius 2 is 2.21 bits per heavy atom. The van der Waals surface area contributed by atoms with Crippen LogP contribution in [-0.4, -0.2) is 37.0 Å². The van der Waals surface area contributed by atoms with Crippen molar-refractivity contribution >= 4 is 22.9 Å². The molecule has 1 aliphatic rings. The molecule has 1 saturated heterocycles. The van der Waals surface area contributed by atoms with Gasteiger partial charge in [0.05, 0.1) is 5.69 Å². The molecule has 0 spiro atoms. The molecule has 5 heteroatoms. The first-order valence-electron chi connectivity index (χ1n) is 7.00. The number of rotatable bonds is 5. The Labute approximate surface area is 119 Å².